The summed E-state index contributed by atoms with van der Waals surface area (Å²) in [6, 6.07) is 3.65. The summed E-state index contributed by atoms with van der Waals surface area (Å²) in [6.07, 6.45) is 1.11. The van der Waals surface area contributed by atoms with E-state index in [1.165, 1.54) is 0 Å². The van der Waals surface area contributed by atoms with Gasteiger partial charge in [0.05, 0.1) is 11.9 Å². The Morgan fingerprint density at radius 2 is 1.83 bits per heavy atom. The van der Waals surface area contributed by atoms with Crippen molar-refractivity contribution in [3.63, 3.8) is 0 Å². The summed E-state index contributed by atoms with van der Waals surface area (Å²) >= 11 is 0. The van der Waals surface area contributed by atoms with Gasteiger partial charge in [-0.3, -0.25) is 10.1 Å². The molecule has 0 saturated carbocycles. The van der Waals surface area contributed by atoms with Crippen molar-refractivity contribution in [2.75, 3.05) is 36.4 Å². The molecule has 0 radical (unpaired) electrons. The first-order chi connectivity index (χ1) is 10.7. The second kappa shape index (κ2) is 6.85. The fourth-order valence-electron chi connectivity index (χ4n) is 2.32. The molecule has 1 aromatic heterocycles. The number of carbonyl (C=O) groups excluding carboxylic acids is 2. The van der Waals surface area contributed by atoms with Crippen molar-refractivity contribution < 1.29 is 14.3 Å². The number of hydrogen-bond donors (Lipinski definition) is 1. The van der Waals surface area contributed by atoms with Crippen LogP contribution in [0.15, 0.2) is 18.3 Å². The highest BCUT2D eigenvalue weighted by molar-refractivity contribution is 5.84. The predicted molar refractivity (Wildman–Crippen MR) is 88.6 cm³/mol. The zero-order valence-corrected chi connectivity index (χ0v) is 14.1. The van der Waals surface area contributed by atoms with Crippen LogP contribution in [0.4, 0.5) is 16.3 Å². The van der Waals surface area contributed by atoms with E-state index in [1.807, 2.05) is 31.7 Å². The average molecular weight is 320 g/mol. The summed E-state index contributed by atoms with van der Waals surface area (Å²) in [7, 11) is 0. The van der Waals surface area contributed by atoms with Crippen molar-refractivity contribution in [1.82, 2.24) is 9.88 Å². The zero-order valence-electron chi connectivity index (χ0n) is 14.1. The molecule has 126 valence electrons. The van der Waals surface area contributed by atoms with Gasteiger partial charge in [-0.1, -0.05) is 0 Å². The largest absolute Gasteiger partial charge is 0.444 e. The van der Waals surface area contributed by atoms with E-state index < -0.39 is 11.7 Å². The Morgan fingerprint density at radius 3 is 2.30 bits per heavy atom. The molecule has 2 rings (SSSR count). The highest BCUT2D eigenvalue weighted by Gasteiger charge is 2.20. The smallest absolute Gasteiger partial charge is 0.412 e. The predicted octanol–water partition coefficient (Wildman–Crippen LogP) is 2.10. The number of anilines is 2. The van der Waals surface area contributed by atoms with Gasteiger partial charge in [0.1, 0.15) is 11.4 Å². The van der Waals surface area contributed by atoms with Gasteiger partial charge in [-0.05, 0) is 32.9 Å². The molecule has 0 aromatic carbocycles. The number of nitrogens with one attached hydrogen (secondary N) is 1. The van der Waals surface area contributed by atoms with E-state index in [4.69, 9.17) is 4.74 Å². The number of rotatable bonds is 2. The average Bonchev–Trinajstić information content (AvgIpc) is 2.46. The lowest BCUT2D eigenvalue weighted by Gasteiger charge is -2.34. The summed E-state index contributed by atoms with van der Waals surface area (Å²) < 4.78 is 5.20. The minimum absolute atomic E-state index is 0.106. The van der Waals surface area contributed by atoms with Crippen LogP contribution in [-0.2, 0) is 9.53 Å². The number of piperazine rings is 1. The van der Waals surface area contributed by atoms with Crippen LogP contribution in [-0.4, -0.2) is 53.7 Å². The van der Waals surface area contributed by atoms with Crippen LogP contribution < -0.4 is 10.2 Å². The second-order valence-corrected chi connectivity index (χ2v) is 6.53. The molecule has 1 saturated heterocycles. The van der Waals surface area contributed by atoms with E-state index in [1.54, 1.807) is 19.2 Å². The van der Waals surface area contributed by atoms with Crippen LogP contribution in [0.2, 0.25) is 0 Å². The molecule has 1 N–H and O–H groups in total. The van der Waals surface area contributed by atoms with E-state index >= 15 is 0 Å². The first-order valence-corrected chi connectivity index (χ1v) is 7.71. The first-order valence-electron chi connectivity index (χ1n) is 7.71. The van der Waals surface area contributed by atoms with Crippen molar-refractivity contribution in [2.45, 2.75) is 33.3 Å². The molecule has 0 aliphatic carbocycles. The lowest BCUT2D eigenvalue weighted by molar-refractivity contribution is -0.129. The van der Waals surface area contributed by atoms with Crippen molar-refractivity contribution in [2.24, 2.45) is 0 Å². The lowest BCUT2D eigenvalue weighted by Crippen LogP contribution is -2.48. The number of hydrogen-bond acceptors (Lipinski definition) is 5. The Kier molecular flexibility index (Phi) is 5.08. The third-order valence-corrected chi connectivity index (χ3v) is 3.44. The molecule has 7 heteroatoms. The molecule has 0 atom stereocenters. The molecule has 2 amide bonds. The van der Waals surface area contributed by atoms with Crippen LogP contribution in [0, 0.1) is 0 Å². The molecule has 23 heavy (non-hydrogen) atoms. The molecular weight excluding hydrogens is 296 g/mol. The Balaban J connectivity index is 1.90. The van der Waals surface area contributed by atoms with Gasteiger partial charge in [0.25, 0.3) is 0 Å². The van der Waals surface area contributed by atoms with Crippen LogP contribution in [0.25, 0.3) is 0 Å². The maximum Gasteiger partial charge on any atom is 0.412 e. The SMILES string of the molecule is CC(=O)N1CCN(c2ccc(NC(=O)OC(C)(C)C)cn2)CC1. The van der Waals surface area contributed by atoms with Gasteiger partial charge in [-0.25, -0.2) is 9.78 Å². The first kappa shape index (κ1) is 17.1. The van der Waals surface area contributed by atoms with E-state index in [0.29, 0.717) is 18.8 Å². The molecule has 0 spiro atoms. The maximum atomic E-state index is 11.7. The second-order valence-electron chi connectivity index (χ2n) is 6.53. The number of amides is 2. The summed E-state index contributed by atoms with van der Waals surface area (Å²) in [5.74, 6) is 0.942. The van der Waals surface area contributed by atoms with Gasteiger partial charge in [0.15, 0.2) is 0 Å². The quantitative estimate of drug-likeness (QED) is 0.903. The summed E-state index contributed by atoms with van der Waals surface area (Å²) in [6.45, 7) is 9.95. The minimum atomic E-state index is -0.534. The van der Waals surface area contributed by atoms with Gasteiger partial charge < -0.3 is 14.5 Å². The summed E-state index contributed by atoms with van der Waals surface area (Å²) in [4.78, 5) is 31.4. The zero-order chi connectivity index (χ0) is 17.0. The lowest BCUT2D eigenvalue weighted by atomic mass is 10.2. The molecule has 1 aliphatic heterocycles. The number of aromatic nitrogens is 1. The Morgan fingerprint density at radius 1 is 1.17 bits per heavy atom. The number of pyridine rings is 1. The summed E-state index contributed by atoms with van der Waals surface area (Å²) in [5.41, 5.74) is 0.0544. The van der Waals surface area contributed by atoms with Crippen LogP contribution >= 0.6 is 0 Å². The van der Waals surface area contributed by atoms with E-state index in [-0.39, 0.29) is 5.91 Å². The standard InChI is InChI=1S/C16H24N4O3/c1-12(21)19-7-9-20(10-8-19)14-6-5-13(11-17-14)18-15(22)23-16(2,3)4/h5-6,11H,7-10H2,1-4H3,(H,18,22). The maximum absolute atomic E-state index is 11.7. The van der Waals surface area contributed by atoms with Gasteiger partial charge in [0.2, 0.25) is 5.91 Å². The molecular formula is C16H24N4O3. The van der Waals surface area contributed by atoms with Crippen LogP contribution in [0.3, 0.4) is 0 Å². The van der Waals surface area contributed by atoms with Gasteiger partial charge in [-0.15, -0.1) is 0 Å². The third-order valence-electron chi connectivity index (χ3n) is 3.44. The molecule has 2 heterocycles. The minimum Gasteiger partial charge on any atom is -0.444 e. The number of nitrogens with zero attached hydrogens (tertiary/aromatic N) is 3. The normalized spacial score (nSPS) is 15.3. The van der Waals surface area contributed by atoms with Crippen molar-refractivity contribution in [3.8, 4) is 0 Å². The van der Waals surface area contributed by atoms with Crippen LogP contribution in [0.1, 0.15) is 27.7 Å². The number of carbonyl (C=O) groups is 2. The van der Waals surface area contributed by atoms with Crippen molar-refractivity contribution in [3.05, 3.63) is 18.3 Å². The van der Waals surface area contributed by atoms with E-state index in [9.17, 15) is 9.59 Å². The summed E-state index contributed by atoms with van der Waals surface area (Å²) in [5, 5.41) is 2.66. The third kappa shape index (κ3) is 5.12. The van der Waals surface area contributed by atoms with Gasteiger partial charge >= 0.3 is 6.09 Å². The van der Waals surface area contributed by atoms with E-state index in [0.717, 1.165) is 18.9 Å². The van der Waals surface area contributed by atoms with Gasteiger partial charge in [-0.2, -0.15) is 0 Å². The van der Waals surface area contributed by atoms with E-state index in [2.05, 4.69) is 15.2 Å². The fraction of sp³-hybridized carbons (Fsp3) is 0.562. The van der Waals surface area contributed by atoms with Crippen LogP contribution in [0.5, 0.6) is 0 Å². The van der Waals surface area contributed by atoms with Gasteiger partial charge in [0, 0.05) is 33.1 Å². The fourth-order valence-corrected chi connectivity index (χ4v) is 2.32. The van der Waals surface area contributed by atoms with Crippen molar-refractivity contribution in [1.29, 1.82) is 0 Å². The Labute approximate surface area is 136 Å². The molecule has 7 nitrogen and oxygen atoms in total. The molecule has 0 unspecified atom stereocenters. The molecule has 1 aromatic rings. The highest BCUT2D eigenvalue weighted by atomic mass is 16.6. The molecule has 1 aliphatic rings. The Bertz CT molecular complexity index is 558. The Hall–Kier alpha value is -2.31. The highest BCUT2D eigenvalue weighted by Crippen LogP contribution is 2.17. The van der Waals surface area contributed by atoms with Crippen molar-refractivity contribution >= 4 is 23.5 Å². The topological polar surface area (TPSA) is 74.8 Å². The molecule has 1 fully saturated rings. The number of ether oxygens (including phenoxy) is 1. The monoisotopic (exact) mass is 320 g/mol. The molecule has 0 bridgehead atoms.